The summed E-state index contributed by atoms with van der Waals surface area (Å²) in [4.78, 5) is 40.0. The van der Waals surface area contributed by atoms with E-state index < -0.39 is 0 Å². The Balaban J connectivity index is 1.46. The van der Waals surface area contributed by atoms with E-state index in [9.17, 15) is 14.4 Å². The average molecular weight is 450 g/mol. The molecule has 0 bridgehead atoms. The molecule has 2 aliphatic rings. The van der Waals surface area contributed by atoms with Crippen LogP contribution in [0.1, 0.15) is 58.6 Å². The van der Waals surface area contributed by atoms with Gasteiger partial charge < -0.3 is 20.3 Å². The van der Waals surface area contributed by atoms with Crippen molar-refractivity contribution in [2.75, 3.05) is 26.2 Å². The molecular weight excluding hydrogens is 418 g/mol. The maximum atomic E-state index is 13.3. The largest absolute Gasteiger partial charge is 0.372 e. The number of hydrogen-bond acceptors (Lipinski definition) is 4. The van der Waals surface area contributed by atoms with Gasteiger partial charge in [-0.2, -0.15) is 0 Å². The summed E-state index contributed by atoms with van der Waals surface area (Å²) in [5, 5.41) is 5.94. The maximum absolute atomic E-state index is 13.3. The van der Waals surface area contributed by atoms with E-state index in [1.807, 2.05) is 30.3 Å². The number of nitrogens with one attached hydrogen (secondary N) is 2. The molecule has 2 aromatic carbocycles. The quantitative estimate of drug-likeness (QED) is 0.738. The summed E-state index contributed by atoms with van der Waals surface area (Å²) in [6.45, 7) is 2.27. The second-order valence-electron chi connectivity index (χ2n) is 8.65. The zero-order chi connectivity index (χ0) is 23.0. The minimum absolute atomic E-state index is 0.00664. The molecule has 2 heterocycles. The summed E-state index contributed by atoms with van der Waals surface area (Å²) in [5.41, 5.74) is 3.68. The van der Waals surface area contributed by atoms with Crippen LogP contribution in [-0.4, -0.2) is 48.8 Å². The first kappa shape index (κ1) is 23.0. The normalized spacial score (nSPS) is 20.4. The van der Waals surface area contributed by atoms with Gasteiger partial charge in [0.2, 0.25) is 11.8 Å². The van der Waals surface area contributed by atoms with E-state index in [0.29, 0.717) is 51.3 Å². The van der Waals surface area contributed by atoms with E-state index in [2.05, 4.69) is 22.8 Å². The van der Waals surface area contributed by atoms with Crippen molar-refractivity contribution in [1.29, 1.82) is 0 Å². The number of ether oxygens (including phenoxy) is 1. The zero-order valence-electron chi connectivity index (χ0n) is 18.8. The molecule has 0 aromatic heterocycles. The molecule has 0 saturated carbocycles. The number of carbonyl (C=O) groups is 3. The molecule has 0 spiro atoms. The van der Waals surface area contributed by atoms with Gasteiger partial charge in [-0.15, -0.1) is 0 Å². The minimum Gasteiger partial charge on any atom is -0.372 e. The van der Waals surface area contributed by atoms with Gasteiger partial charge >= 0.3 is 0 Å². The summed E-state index contributed by atoms with van der Waals surface area (Å²) >= 11 is 0. The van der Waals surface area contributed by atoms with Gasteiger partial charge in [0.05, 0.1) is 19.8 Å². The highest BCUT2D eigenvalue weighted by Gasteiger charge is 2.25. The van der Waals surface area contributed by atoms with Crippen molar-refractivity contribution in [3.8, 4) is 0 Å². The van der Waals surface area contributed by atoms with Crippen LogP contribution in [0.15, 0.2) is 48.5 Å². The van der Waals surface area contributed by atoms with E-state index in [1.54, 1.807) is 11.0 Å². The van der Waals surface area contributed by atoms with E-state index in [-0.39, 0.29) is 30.2 Å². The Morgan fingerprint density at radius 1 is 0.909 bits per heavy atom. The molecule has 1 fully saturated rings. The molecule has 3 amide bonds. The molecule has 0 aliphatic carbocycles. The number of hydrogen-bond donors (Lipinski definition) is 2. The first-order valence-corrected chi connectivity index (χ1v) is 11.7. The van der Waals surface area contributed by atoms with Gasteiger partial charge in [0.25, 0.3) is 5.91 Å². The van der Waals surface area contributed by atoms with Crippen LogP contribution in [0, 0.1) is 0 Å². The van der Waals surface area contributed by atoms with Crippen molar-refractivity contribution in [3.05, 3.63) is 70.8 Å². The standard InChI is InChI=1S/C26H31N3O4/c30-24-11-10-20(19-6-2-1-3-7-19)12-14-28-25(31)16-29(15-5-13-27-24)26(32)22-9-4-8-21-17-33-18-23(21)22/h1-4,6-9,20H,5,10-18H2,(H,27,30)(H,28,31). The fourth-order valence-electron chi connectivity index (χ4n) is 4.54. The molecule has 7 nitrogen and oxygen atoms in total. The Labute approximate surface area is 194 Å². The topological polar surface area (TPSA) is 87.7 Å². The smallest absolute Gasteiger partial charge is 0.254 e. The third-order valence-electron chi connectivity index (χ3n) is 6.36. The third kappa shape index (κ3) is 5.99. The molecule has 2 N–H and O–H groups in total. The summed E-state index contributed by atoms with van der Waals surface area (Å²) in [5.74, 6) is -0.133. The van der Waals surface area contributed by atoms with Crippen molar-refractivity contribution < 1.29 is 19.1 Å². The van der Waals surface area contributed by atoms with Crippen LogP contribution >= 0.6 is 0 Å². The summed E-state index contributed by atoms with van der Waals surface area (Å²) < 4.78 is 5.51. The highest BCUT2D eigenvalue weighted by atomic mass is 16.5. The molecule has 2 aliphatic heterocycles. The number of fused-ring (bicyclic) bond motifs is 1. The van der Waals surface area contributed by atoms with Crippen LogP contribution in [0.4, 0.5) is 0 Å². The van der Waals surface area contributed by atoms with E-state index in [1.165, 1.54) is 5.56 Å². The Morgan fingerprint density at radius 2 is 1.73 bits per heavy atom. The van der Waals surface area contributed by atoms with E-state index in [4.69, 9.17) is 4.74 Å². The van der Waals surface area contributed by atoms with Crippen molar-refractivity contribution in [2.45, 2.75) is 44.8 Å². The number of rotatable bonds is 2. The van der Waals surface area contributed by atoms with Gasteiger partial charge in [0.15, 0.2) is 0 Å². The molecule has 7 heteroatoms. The predicted octanol–water partition coefficient (Wildman–Crippen LogP) is 2.75. The van der Waals surface area contributed by atoms with Crippen molar-refractivity contribution in [1.82, 2.24) is 15.5 Å². The van der Waals surface area contributed by atoms with Crippen LogP contribution < -0.4 is 10.6 Å². The van der Waals surface area contributed by atoms with Crippen molar-refractivity contribution in [2.24, 2.45) is 0 Å². The molecule has 1 unspecified atom stereocenters. The van der Waals surface area contributed by atoms with Gasteiger partial charge in [-0.1, -0.05) is 42.5 Å². The Hall–Kier alpha value is -3.19. The highest BCUT2D eigenvalue weighted by molar-refractivity contribution is 5.98. The first-order chi connectivity index (χ1) is 16.1. The molecule has 174 valence electrons. The summed E-state index contributed by atoms with van der Waals surface area (Å²) in [6, 6.07) is 15.7. The van der Waals surface area contributed by atoms with Crippen LogP contribution in [0.3, 0.4) is 0 Å². The molecule has 2 aromatic rings. The number of amides is 3. The van der Waals surface area contributed by atoms with Crippen molar-refractivity contribution >= 4 is 17.7 Å². The fraction of sp³-hybridized carbons (Fsp3) is 0.423. The lowest BCUT2D eigenvalue weighted by molar-refractivity contribution is -0.123. The predicted molar refractivity (Wildman–Crippen MR) is 125 cm³/mol. The van der Waals surface area contributed by atoms with Crippen LogP contribution in [0.5, 0.6) is 0 Å². The van der Waals surface area contributed by atoms with Gasteiger partial charge in [-0.05, 0) is 47.9 Å². The van der Waals surface area contributed by atoms with Crippen molar-refractivity contribution in [3.63, 3.8) is 0 Å². The molecule has 0 radical (unpaired) electrons. The SMILES string of the molecule is O=C1CCC(c2ccccc2)CCNC(=O)CN(C(=O)c2cccc3c2COC3)CCCN1. The highest BCUT2D eigenvalue weighted by Crippen LogP contribution is 2.26. The summed E-state index contributed by atoms with van der Waals surface area (Å²) in [7, 11) is 0. The lowest BCUT2D eigenvalue weighted by Crippen LogP contribution is -2.43. The second kappa shape index (κ2) is 11.1. The van der Waals surface area contributed by atoms with Gasteiger partial charge in [-0.3, -0.25) is 14.4 Å². The lowest BCUT2D eigenvalue weighted by Gasteiger charge is -2.24. The Morgan fingerprint density at radius 3 is 2.58 bits per heavy atom. The summed E-state index contributed by atoms with van der Waals surface area (Å²) in [6.07, 6.45) is 2.49. The first-order valence-electron chi connectivity index (χ1n) is 11.7. The number of carbonyl (C=O) groups excluding carboxylic acids is 3. The monoisotopic (exact) mass is 449 g/mol. The van der Waals surface area contributed by atoms with Gasteiger partial charge in [0.1, 0.15) is 0 Å². The molecule has 1 atom stereocenters. The average Bonchev–Trinajstić information content (AvgIpc) is 3.32. The van der Waals surface area contributed by atoms with E-state index in [0.717, 1.165) is 24.0 Å². The fourth-order valence-corrected chi connectivity index (χ4v) is 4.54. The van der Waals surface area contributed by atoms with Crippen LogP contribution in [0.2, 0.25) is 0 Å². The minimum atomic E-state index is -0.173. The van der Waals surface area contributed by atoms with Crippen LogP contribution in [0.25, 0.3) is 0 Å². The lowest BCUT2D eigenvalue weighted by atomic mass is 9.91. The second-order valence-corrected chi connectivity index (χ2v) is 8.65. The maximum Gasteiger partial charge on any atom is 0.254 e. The zero-order valence-corrected chi connectivity index (χ0v) is 18.8. The number of benzene rings is 2. The molecular formula is C26H31N3O4. The van der Waals surface area contributed by atoms with Crippen LogP contribution in [-0.2, 0) is 27.5 Å². The number of nitrogens with zero attached hydrogens (tertiary/aromatic N) is 1. The molecule has 33 heavy (non-hydrogen) atoms. The Kier molecular flexibility index (Phi) is 7.73. The third-order valence-corrected chi connectivity index (χ3v) is 6.36. The van der Waals surface area contributed by atoms with Gasteiger partial charge in [-0.25, -0.2) is 0 Å². The van der Waals surface area contributed by atoms with E-state index >= 15 is 0 Å². The molecule has 1 saturated heterocycles. The van der Waals surface area contributed by atoms with Gasteiger partial charge in [0, 0.05) is 31.6 Å². The Bertz CT molecular complexity index is 992. The molecule has 4 rings (SSSR count).